The number of carbonyl (C=O) groups excluding carboxylic acids is 2. The van der Waals surface area contributed by atoms with Crippen LogP contribution in [0.15, 0.2) is 23.9 Å². The third-order valence-electron chi connectivity index (χ3n) is 3.63. The van der Waals surface area contributed by atoms with Gasteiger partial charge in [0.05, 0.1) is 22.7 Å². The number of anilines is 2. The van der Waals surface area contributed by atoms with E-state index >= 15 is 0 Å². The van der Waals surface area contributed by atoms with E-state index in [1.54, 1.807) is 6.08 Å². The molecule has 1 aromatic carbocycles. The normalized spacial score (nSPS) is 17.9. The second-order valence-corrected chi connectivity index (χ2v) is 7.62. The molecule has 1 saturated heterocycles. The second kappa shape index (κ2) is 5.75. The Kier molecular flexibility index (Phi) is 4.00. The molecular formula is C14H13ClFN3O4S. The average molecular weight is 374 g/mol. The molecule has 0 saturated carbocycles. The van der Waals surface area contributed by atoms with Gasteiger partial charge in [0.15, 0.2) is 0 Å². The van der Waals surface area contributed by atoms with E-state index < -0.39 is 27.8 Å². The van der Waals surface area contributed by atoms with Crippen LogP contribution in [0, 0.1) is 5.82 Å². The van der Waals surface area contributed by atoms with Gasteiger partial charge in [-0.25, -0.2) is 22.5 Å². The second-order valence-electron chi connectivity index (χ2n) is 5.46. The molecule has 3 rings (SSSR count). The number of nitrogens with zero attached hydrogens (tertiary/aromatic N) is 2. The summed E-state index contributed by atoms with van der Waals surface area (Å²) in [4.78, 5) is 26.8. The number of hydrogen-bond donors (Lipinski definition) is 1. The summed E-state index contributed by atoms with van der Waals surface area (Å²) in [6, 6.07) is 1.22. The Morgan fingerprint density at radius 2 is 2.00 bits per heavy atom. The predicted octanol–water partition coefficient (Wildman–Crippen LogP) is 2.30. The van der Waals surface area contributed by atoms with E-state index in [0.29, 0.717) is 24.3 Å². The quantitative estimate of drug-likeness (QED) is 0.823. The Labute approximate surface area is 142 Å². The van der Waals surface area contributed by atoms with Crippen LogP contribution in [0.2, 0.25) is 5.02 Å². The van der Waals surface area contributed by atoms with Gasteiger partial charge >= 0.3 is 6.03 Å². The van der Waals surface area contributed by atoms with Crippen molar-refractivity contribution in [2.45, 2.75) is 12.8 Å². The molecule has 2 aliphatic rings. The fraction of sp³-hybridized carbons (Fsp3) is 0.286. The van der Waals surface area contributed by atoms with Crippen LogP contribution < -0.4 is 9.62 Å². The Morgan fingerprint density at radius 1 is 1.29 bits per heavy atom. The van der Waals surface area contributed by atoms with Gasteiger partial charge in [-0.3, -0.25) is 14.4 Å². The molecule has 0 aromatic heterocycles. The molecule has 0 aliphatic carbocycles. The molecule has 128 valence electrons. The van der Waals surface area contributed by atoms with Crippen molar-refractivity contribution in [1.82, 2.24) is 4.90 Å². The molecule has 1 fully saturated rings. The lowest BCUT2D eigenvalue weighted by molar-refractivity contribution is -0.114. The number of allylic oxidation sites excluding steroid dienone is 1. The summed E-state index contributed by atoms with van der Waals surface area (Å²) in [5, 5.41) is -0.183. The van der Waals surface area contributed by atoms with Crippen LogP contribution in [-0.4, -0.2) is 38.1 Å². The number of urea groups is 1. The van der Waals surface area contributed by atoms with E-state index in [1.165, 1.54) is 4.90 Å². The highest BCUT2D eigenvalue weighted by atomic mass is 35.5. The molecule has 3 amide bonds. The van der Waals surface area contributed by atoms with Gasteiger partial charge in [-0.05, 0) is 25.0 Å². The highest BCUT2D eigenvalue weighted by Gasteiger charge is 2.43. The first-order valence-corrected chi connectivity index (χ1v) is 9.29. The maximum Gasteiger partial charge on any atom is 0.336 e. The molecule has 7 nitrogen and oxygen atoms in total. The van der Waals surface area contributed by atoms with Crippen molar-refractivity contribution in [3.05, 3.63) is 34.7 Å². The number of carbonyl (C=O) groups is 2. The molecule has 1 aromatic rings. The Bertz CT molecular complexity index is 884. The minimum absolute atomic E-state index is 0.116. The molecule has 0 spiro atoms. The first-order valence-electron chi connectivity index (χ1n) is 7.02. The van der Waals surface area contributed by atoms with E-state index in [0.717, 1.165) is 18.4 Å². The van der Waals surface area contributed by atoms with Crippen molar-refractivity contribution in [1.29, 1.82) is 0 Å². The standard InChI is InChI=1S/C14H13ClFN3O4S/c1-24(22,23)17-10-7-12(9(16)6-8(10)15)19-13(20)11-4-2-3-5-18(11)14(19)21/h4,6-7,17H,2-3,5H2,1H3. The Hall–Kier alpha value is -2.13. The fourth-order valence-electron chi connectivity index (χ4n) is 2.64. The van der Waals surface area contributed by atoms with Crippen molar-refractivity contribution in [2.75, 3.05) is 22.4 Å². The van der Waals surface area contributed by atoms with Gasteiger partial charge in [-0.15, -0.1) is 0 Å². The molecular weight excluding hydrogens is 361 g/mol. The lowest BCUT2D eigenvalue weighted by atomic mass is 10.2. The first kappa shape index (κ1) is 16.7. The van der Waals surface area contributed by atoms with E-state index in [4.69, 9.17) is 11.6 Å². The van der Waals surface area contributed by atoms with Gasteiger partial charge in [0.1, 0.15) is 11.5 Å². The van der Waals surface area contributed by atoms with Gasteiger partial charge in [0.2, 0.25) is 10.0 Å². The summed E-state index contributed by atoms with van der Waals surface area (Å²) in [5.41, 5.74) is -0.260. The minimum Gasteiger partial charge on any atom is -0.289 e. The van der Waals surface area contributed by atoms with Gasteiger partial charge in [-0.2, -0.15) is 0 Å². The third kappa shape index (κ3) is 2.84. The zero-order valence-corrected chi connectivity index (χ0v) is 14.1. The van der Waals surface area contributed by atoms with Crippen molar-refractivity contribution >= 4 is 44.9 Å². The molecule has 0 unspecified atom stereocenters. The number of imide groups is 1. The van der Waals surface area contributed by atoms with Crippen LogP contribution in [0.5, 0.6) is 0 Å². The van der Waals surface area contributed by atoms with Crippen molar-refractivity contribution < 1.29 is 22.4 Å². The Balaban J connectivity index is 2.08. The lowest BCUT2D eigenvalue weighted by Gasteiger charge is -2.20. The molecule has 2 heterocycles. The van der Waals surface area contributed by atoms with Crippen LogP contribution in [0.3, 0.4) is 0 Å². The first-order chi connectivity index (χ1) is 11.2. The number of amides is 3. The number of fused-ring (bicyclic) bond motifs is 1. The SMILES string of the molecule is CS(=O)(=O)Nc1cc(N2C(=O)C3=CCCCN3C2=O)c(F)cc1Cl. The topological polar surface area (TPSA) is 86.8 Å². The number of halogens is 2. The predicted molar refractivity (Wildman–Crippen MR) is 86.8 cm³/mol. The molecule has 10 heteroatoms. The smallest absolute Gasteiger partial charge is 0.289 e. The molecule has 0 bridgehead atoms. The minimum atomic E-state index is -3.67. The van der Waals surface area contributed by atoms with Crippen molar-refractivity contribution in [2.24, 2.45) is 0 Å². The molecule has 24 heavy (non-hydrogen) atoms. The van der Waals surface area contributed by atoms with Crippen molar-refractivity contribution in [3.63, 3.8) is 0 Å². The number of hydrogen-bond acceptors (Lipinski definition) is 4. The van der Waals surface area contributed by atoms with E-state index in [1.807, 2.05) is 0 Å². The maximum atomic E-state index is 14.3. The van der Waals surface area contributed by atoms with Crippen molar-refractivity contribution in [3.8, 4) is 0 Å². The third-order valence-corrected chi connectivity index (χ3v) is 4.53. The van der Waals surface area contributed by atoms with Gasteiger partial charge < -0.3 is 0 Å². The monoisotopic (exact) mass is 373 g/mol. The summed E-state index contributed by atoms with van der Waals surface area (Å²) >= 11 is 5.83. The van der Waals surface area contributed by atoms with Gasteiger partial charge in [0.25, 0.3) is 5.91 Å². The molecule has 0 atom stereocenters. The number of sulfonamides is 1. The van der Waals surface area contributed by atoms with Crippen LogP contribution in [0.1, 0.15) is 12.8 Å². The molecule has 1 N–H and O–H groups in total. The van der Waals surface area contributed by atoms with Crippen LogP contribution in [0.25, 0.3) is 0 Å². The zero-order chi connectivity index (χ0) is 17.6. The summed E-state index contributed by atoms with van der Waals surface area (Å²) in [6.07, 6.45) is 3.90. The van der Waals surface area contributed by atoms with Gasteiger partial charge in [-0.1, -0.05) is 17.7 Å². The van der Waals surface area contributed by atoms with Crippen LogP contribution >= 0.6 is 11.6 Å². The molecule has 0 radical (unpaired) electrons. The molecule has 2 aliphatic heterocycles. The van der Waals surface area contributed by atoms with Crippen LogP contribution in [-0.2, 0) is 14.8 Å². The fourth-order valence-corrected chi connectivity index (χ4v) is 3.46. The van der Waals surface area contributed by atoms with Crippen LogP contribution in [0.4, 0.5) is 20.6 Å². The Morgan fingerprint density at radius 3 is 2.62 bits per heavy atom. The number of benzene rings is 1. The summed E-state index contributed by atoms with van der Waals surface area (Å²) in [6.45, 7) is 0.372. The van der Waals surface area contributed by atoms with E-state index in [9.17, 15) is 22.4 Å². The summed E-state index contributed by atoms with van der Waals surface area (Å²) < 4.78 is 39.2. The maximum absolute atomic E-state index is 14.3. The van der Waals surface area contributed by atoms with E-state index in [-0.39, 0.29) is 22.1 Å². The van der Waals surface area contributed by atoms with E-state index in [2.05, 4.69) is 4.72 Å². The summed E-state index contributed by atoms with van der Waals surface area (Å²) in [7, 11) is -3.67. The highest BCUT2D eigenvalue weighted by Crippen LogP contribution is 2.36. The average Bonchev–Trinajstić information content (AvgIpc) is 2.74. The number of nitrogens with one attached hydrogen (secondary N) is 1. The summed E-state index contributed by atoms with van der Waals surface area (Å²) in [5.74, 6) is -1.55. The van der Waals surface area contributed by atoms with Gasteiger partial charge in [0, 0.05) is 6.54 Å². The largest absolute Gasteiger partial charge is 0.336 e. The number of rotatable bonds is 3. The highest BCUT2D eigenvalue weighted by molar-refractivity contribution is 7.92. The lowest BCUT2D eigenvalue weighted by Crippen LogP contribution is -2.34. The zero-order valence-electron chi connectivity index (χ0n) is 12.5.